The summed E-state index contributed by atoms with van der Waals surface area (Å²) in [6, 6.07) is 7.81. The number of halogens is 2. The topological polar surface area (TPSA) is 36.7 Å². The summed E-state index contributed by atoms with van der Waals surface area (Å²) in [5.41, 5.74) is 3.71. The van der Waals surface area contributed by atoms with Gasteiger partial charge in [0.2, 0.25) is 0 Å². The largest absolute Gasteiger partial charge is 0.305 e. The molecule has 2 nitrogen and oxygen atoms in total. The van der Waals surface area contributed by atoms with Crippen LogP contribution in [0.15, 0.2) is 35.4 Å². The van der Waals surface area contributed by atoms with Gasteiger partial charge in [0.1, 0.15) is 5.15 Å². The Morgan fingerprint density at radius 3 is 2.45 bits per heavy atom. The molecule has 0 saturated carbocycles. The number of hydrogen-bond acceptors (Lipinski definition) is 3. The van der Waals surface area contributed by atoms with Crippen molar-refractivity contribution < 1.29 is 0 Å². The minimum atomic E-state index is 0.479. The summed E-state index contributed by atoms with van der Waals surface area (Å²) in [5, 5.41) is 8.68. The third-order valence-corrected chi connectivity index (χ3v) is 4.38. The lowest BCUT2D eigenvalue weighted by molar-refractivity contribution is 1.08. The normalized spacial score (nSPS) is 9.91. The van der Waals surface area contributed by atoms with E-state index in [0.29, 0.717) is 10.9 Å². The zero-order valence-corrected chi connectivity index (χ0v) is 15.5. The van der Waals surface area contributed by atoms with Gasteiger partial charge < -0.3 is 5.41 Å². The molecular weight excluding hydrogens is 335 g/mol. The number of aryl methyl sites for hydroxylation is 2. The first-order valence-electron chi connectivity index (χ1n) is 6.89. The maximum absolute atomic E-state index is 7.36. The van der Waals surface area contributed by atoms with Gasteiger partial charge in [0.05, 0.1) is 0 Å². The molecule has 0 radical (unpaired) electrons. The lowest BCUT2D eigenvalue weighted by Crippen LogP contribution is -1.96. The van der Waals surface area contributed by atoms with E-state index in [1.54, 1.807) is 30.9 Å². The molecule has 0 unspecified atom stereocenters. The van der Waals surface area contributed by atoms with Crippen molar-refractivity contribution in [3.63, 3.8) is 0 Å². The van der Waals surface area contributed by atoms with Crippen molar-refractivity contribution in [2.75, 3.05) is 6.26 Å². The van der Waals surface area contributed by atoms with E-state index in [1.165, 1.54) is 10.5 Å². The second kappa shape index (κ2) is 9.19. The fourth-order valence-electron chi connectivity index (χ4n) is 1.94. The number of benzene rings is 1. The Balaban J connectivity index is 0.000000220. The summed E-state index contributed by atoms with van der Waals surface area (Å²) >= 11 is 13.3. The lowest BCUT2D eigenvalue weighted by atomic mass is 10.1. The van der Waals surface area contributed by atoms with Crippen LogP contribution in [-0.2, 0) is 6.42 Å². The average Bonchev–Trinajstić information content (AvgIpc) is 2.47. The van der Waals surface area contributed by atoms with Crippen molar-refractivity contribution in [1.29, 1.82) is 5.41 Å². The SMILES string of the molecule is CC(=N)c1cnc(Cl)cc1C.CCc1cc(Cl)ccc1SC. The third kappa shape index (κ3) is 5.64. The van der Waals surface area contributed by atoms with Crippen molar-refractivity contribution >= 4 is 40.7 Å². The summed E-state index contributed by atoms with van der Waals surface area (Å²) in [4.78, 5) is 5.22. The number of hydrogen-bond donors (Lipinski definition) is 1. The van der Waals surface area contributed by atoms with E-state index in [-0.39, 0.29) is 0 Å². The molecule has 0 saturated heterocycles. The molecule has 0 aliphatic rings. The highest BCUT2D eigenvalue weighted by Crippen LogP contribution is 2.23. The molecule has 0 bridgehead atoms. The third-order valence-electron chi connectivity index (χ3n) is 3.10. The van der Waals surface area contributed by atoms with Crippen LogP contribution < -0.4 is 0 Å². The highest BCUT2D eigenvalue weighted by atomic mass is 35.5. The summed E-state index contributed by atoms with van der Waals surface area (Å²) in [6.07, 6.45) is 4.76. The molecule has 118 valence electrons. The Labute approximate surface area is 146 Å². The number of aromatic nitrogens is 1. The van der Waals surface area contributed by atoms with Crippen molar-refractivity contribution in [3.8, 4) is 0 Å². The summed E-state index contributed by atoms with van der Waals surface area (Å²) in [5.74, 6) is 0. The fraction of sp³-hybridized carbons (Fsp3) is 0.294. The van der Waals surface area contributed by atoms with Crippen LogP contribution in [0.2, 0.25) is 10.2 Å². The van der Waals surface area contributed by atoms with Gasteiger partial charge in [-0.05, 0) is 61.9 Å². The van der Waals surface area contributed by atoms with E-state index in [9.17, 15) is 0 Å². The van der Waals surface area contributed by atoms with Gasteiger partial charge in [-0.2, -0.15) is 0 Å². The molecule has 22 heavy (non-hydrogen) atoms. The zero-order chi connectivity index (χ0) is 16.7. The predicted octanol–water partition coefficient (Wildman–Crippen LogP) is 6.06. The first kappa shape index (κ1) is 19.0. The Morgan fingerprint density at radius 2 is 1.95 bits per heavy atom. The van der Waals surface area contributed by atoms with E-state index >= 15 is 0 Å². The van der Waals surface area contributed by atoms with Crippen LogP contribution in [0.25, 0.3) is 0 Å². The van der Waals surface area contributed by atoms with Gasteiger partial charge in [-0.15, -0.1) is 11.8 Å². The standard InChI is InChI=1S/C9H11ClS.C8H9ClN2/c1-3-7-6-8(10)4-5-9(7)11-2;1-5-3-8(9)11-4-7(5)6(2)10/h4-6H,3H2,1-2H3;3-4,10H,1-2H3. The molecule has 1 N–H and O–H groups in total. The lowest BCUT2D eigenvalue weighted by Gasteiger charge is -2.03. The summed E-state index contributed by atoms with van der Waals surface area (Å²) in [6.45, 7) is 5.80. The van der Waals surface area contributed by atoms with E-state index in [2.05, 4.69) is 24.2 Å². The second-order valence-corrected chi connectivity index (χ2v) is 6.43. The van der Waals surface area contributed by atoms with Gasteiger partial charge in [0.15, 0.2) is 0 Å². The minimum absolute atomic E-state index is 0.479. The quantitative estimate of drug-likeness (QED) is 0.413. The van der Waals surface area contributed by atoms with Crippen molar-refractivity contribution in [3.05, 3.63) is 57.3 Å². The van der Waals surface area contributed by atoms with Crippen molar-refractivity contribution in [2.45, 2.75) is 32.1 Å². The Bertz CT molecular complexity index is 657. The van der Waals surface area contributed by atoms with Crippen LogP contribution in [0.5, 0.6) is 0 Å². The summed E-state index contributed by atoms with van der Waals surface area (Å²) < 4.78 is 0. The maximum Gasteiger partial charge on any atom is 0.129 e. The van der Waals surface area contributed by atoms with Crippen molar-refractivity contribution in [1.82, 2.24) is 4.98 Å². The van der Waals surface area contributed by atoms with Gasteiger partial charge in [-0.25, -0.2) is 4.98 Å². The average molecular weight is 355 g/mol. The first-order chi connectivity index (χ1) is 10.4. The number of rotatable bonds is 3. The smallest absolute Gasteiger partial charge is 0.129 e. The molecule has 0 amide bonds. The number of pyridine rings is 1. The van der Waals surface area contributed by atoms with Crippen LogP contribution in [0.3, 0.4) is 0 Å². The summed E-state index contributed by atoms with van der Waals surface area (Å²) in [7, 11) is 0. The van der Waals surface area contributed by atoms with Gasteiger partial charge in [-0.3, -0.25) is 0 Å². The number of nitrogens with zero attached hydrogens (tertiary/aromatic N) is 1. The zero-order valence-electron chi connectivity index (χ0n) is 13.2. The molecule has 1 aromatic carbocycles. The molecule has 2 aromatic rings. The molecule has 0 aliphatic heterocycles. The molecule has 0 spiro atoms. The van der Waals surface area contributed by atoms with Crippen molar-refractivity contribution in [2.24, 2.45) is 0 Å². The highest BCUT2D eigenvalue weighted by molar-refractivity contribution is 7.98. The molecule has 0 atom stereocenters. The Kier molecular flexibility index (Phi) is 7.94. The predicted molar refractivity (Wildman–Crippen MR) is 99.1 cm³/mol. The second-order valence-electron chi connectivity index (χ2n) is 4.76. The van der Waals surface area contributed by atoms with E-state index in [1.807, 2.05) is 19.1 Å². The molecule has 1 heterocycles. The molecule has 2 rings (SSSR count). The van der Waals surface area contributed by atoms with E-state index in [0.717, 1.165) is 22.6 Å². The van der Waals surface area contributed by atoms with Crippen LogP contribution in [-0.4, -0.2) is 17.0 Å². The van der Waals surface area contributed by atoms with E-state index < -0.39 is 0 Å². The van der Waals surface area contributed by atoms with Gasteiger partial charge in [-0.1, -0.05) is 30.1 Å². The van der Waals surface area contributed by atoms with Crippen LogP contribution in [0.4, 0.5) is 0 Å². The molecular formula is C17H20Cl2N2S. The fourth-order valence-corrected chi connectivity index (χ4v) is 3.01. The van der Waals surface area contributed by atoms with Gasteiger partial charge in [0.25, 0.3) is 0 Å². The maximum atomic E-state index is 7.36. The first-order valence-corrected chi connectivity index (χ1v) is 8.87. The molecule has 0 aliphatic carbocycles. The van der Waals surface area contributed by atoms with Crippen LogP contribution in [0, 0.1) is 12.3 Å². The van der Waals surface area contributed by atoms with Gasteiger partial charge >= 0.3 is 0 Å². The number of nitrogens with one attached hydrogen (secondary N) is 1. The van der Waals surface area contributed by atoms with Crippen LogP contribution in [0.1, 0.15) is 30.5 Å². The van der Waals surface area contributed by atoms with Gasteiger partial charge in [0, 0.05) is 27.4 Å². The Morgan fingerprint density at radius 1 is 1.27 bits per heavy atom. The number of thioether (sulfide) groups is 1. The minimum Gasteiger partial charge on any atom is -0.305 e. The molecule has 1 aromatic heterocycles. The molecule has 0 fully saturated rings. The molecule has 5 heteroatoms. The van der Waals surface area contributed by atoms with Crippen LogP contribution >= 0.6 is 35.0 Å². The monoisotopic (exact) mass is 354 g/mol. The highest BCUT2D eigenvalue weighted by Gasteiger charge is 2.01. The Hall–Kier alpha value is -1.03. The van der Waals surface area contributed by atoms with E-state index in [4.69, 9.17) is 28.6 Å².